The third kappa shape index (κ3) is 2.48. The molecule has 0 radical (unpaired) electrons. The van der Waals surface area contributed by atoms with Crippen LogP contribution in [-0.4, -0.2) is 36.1 Å². The number of hydrogen-bond donors (Lipinski definition) is 2. The van der Waals surface area contributed by atoms with Gasteiger partial charge in [0.25, 0.3) is 0 Å². The van der Waals surface area contributed by atoms with Gasteiger partial charge in [0.05, 0.1) is 0 Å². The monoisotopic (exact) mass is 271 g/mol. The summed E-state index contributed by atoms with van der Waals surface area (Å²) in [6.07, 6.45) is 7.51. The molecule has 3 heteroatoms. The fraction of sp³-hybridized carbons (Fsp3) is 0.529. The molecule has 0 atom stereocenters. The number of likely N-dealkylation sites (N-methyl/N-ethyl adjacent to an activating group) is 1. The largest absolute Gasteiger partial charge is 0.361 e. The minimum absolute atomic E-state index is 0.367. The van der Waals surface area contributed by atoms with Crippen LogP contribution < -0.4 is 5.32 Å². The molecule has 1 aromatic carbocycles. The highest BCUT2D eigenvalue weighted by molar-refractivity contribution is 5.82. The number of rotatable bonds is 5. The second kappa shape index (κ2) is 5.58. The average Bonchev–Trinajstić information content (AvgIpc) is 3.07. The van der Waals surface area contributed by atoms with Crippen LogP contribution in [-0.2, 0) is 6.54 Å². The topological polar surface area (TPSA) is 31.1 Å². The van der Waals surface area contributed by atoms with Gasteiger partial charge < -0.3 is 15.2 Å². The molecule has 1 aliphatic rings. The van der Waals surface area contributed by atoms with E-state index in [0.717, 1.165) is 13.1 Å². The smallest absolute Gasteiger partial charge is 0.0457 e. The van der Waals surface area contributed by atoms with Gasteiger partial charge >= 0.3 is 0 Å². The van der Waals surface area contributed by atoms with Crippen LogP contribution in [0.2, 0.25) is 0 Å². The van der Waals surface area contributed by atoms with Crippen molar-refractivity contribution in [3.05, 3.63) is 36.0 Å². The minimum atomic E-state index is 0.367. The maximum atomic E-state index is 3.68. The van der Waals surface area contributed by atoms with Crippen LogP contribution in [0.5, 0.6) is 0 Å². The molecule has 0 unspecified atom stereocenters. The summed E-state index contributed by atoms with van der Waals surface area (Å²) in [6, 6.07) is 8.52. The van der Waals surface area contributed by atoms with Gasteiger partial charge in [0.2, 0.25) is 0 Å². The summed E-state index contributed by atoms with van der Waals surface area (Å²) < 4.78 is 0. The number of aromatic amines is 1. The second-order valence-corrected chi connectivity index (χ2v) is 6.29. The third-order valence-electron chi connectivity index (χ3n) is 4.93. The number of nitrogens with one attached hydrogen (secondary N) is 2. The van der Waals surface area contributed by atoms with Crippen LogP contribution in [0.15, 0.2) is 30.5 Å². The number of hydrogen-bond acceptors (Lipinski definition) is 2. The lowest BCUT2D eigenvalue weighted by molar-refractivity contribution is 0.153. The van der Waals surface area contributed by atoms with E-state index in [-0.39, 0.29) is 0 Å². The first-order chi connectivity index (χ1) is 9.71. The zero-order valence-electron chi connectivity index (χ0n) is 12.6. The SMILES string of the molecule is CN(C)C1(CNCc2c[nH]c3ccccc23)CCCC1. The molecule has 0 amide bonds. The summed E-state index contributed by atoms with van der Waals surface area (Å²) in [5, 5.41) is 5.02. The van der Waals surface area contributed by atoms with E-state index in [1.165, 1.54) is 42.1 Å². The lowest BCUT2D eigenvalue weighted by Crippen LogP contribution is -2.49. The van der Waals surface area contributed by atoms with E-state index in [4.69, 9.17) is 0 Å². The molecular formula is C17H25N3. The summed E-state index contributed by atoms with van der Waals surface area (Å²) >= 11 is 0. The Balaban J connectivity index is 1.65. The van der Waals surface area contributed by atoms with E-state index in [1.807, 2.05) is 0 Å². The molecule has 1 saturated carbocycles. The molecule has 2 aromatic rings. The van der Waals surface area contributed by atoms with Crippen molar-refractivity contribution < 1.29 is 0 Å². The molecule has 1 aromatic heterocycles. The highest BCUT2D eigenvalue weighted by Crippen LogP contribution is 2.33. The maximum Gasteiger partial charge on any atom is 0.0457 e. The van der Waals surface area contributed by atoms with Gasteiger partial charge in [-0.2, -0.15) is 0 Å². The average molecular weight is 271 g/mol. The normalized spacial score (nSPS) is 18.1. The maximum absolute atomic E-state index is 3.68. The Hall–Kier alpha value is -1.32. The lowest BCUT2D eigenvalue weighted by atomic mass is 9.96. The Morgan fingerprint density at radius 3 is 2.70 bits per heavy atom. The van der Waals surface area contributed by atoms with Crippen LogP contribution in [0.3, 0.4) is 0 Å². The second-order valence-electron chi connectivity index (χ2n) is 6.29. The van der Waals surface area contributed by atoms with Crippen LogP contribution in [0.25, 0.3) is 10.9 Å². The summed E-state index contributed by atoms with van der Waals surface area (Å²) in [5.74, 6) is 0. The molecular weight excluding hydrogens is 246 g/mol. The van der Waals surface area contributed by atoms with Gasteiger partial charge in [-0.25, -0.2) is 0 Å². The standard InChI is InChI=1S/C17H25N3/c1-20(2)17(9-5-6-10-17)13-18-11-14-12-19-16-8-4-3-7-15(14)16/h3-4,7-8,12,18-19H,5-6,9-11,13H2,1-2H3. The predicted molar refractivity (Wildman–Crippen MR) is 84.9 cm³/mol. The van der Waals surface area contributed by atoms with Crippen molar-refractivity contribution in [1.29, 1.82) is 0 Å². The van der Waals surface area contributed by atoms with Crippen molar-refractivity contribution in [1.82, 2.24) is 15.2 Å². The number of benzene rings is 1. The first kappa shape index (κ1) is 13.7. The van der Waals surface area contributed by atoms with E-state index >= 15 is 0 Å². The van der Waals surface area contributed by atoms with Gasteiger partial charge in [-0.15, -0.1) is 0 Å². The molecule has 1 fully saturated rings. The van der Waals surface area contributed by atoms with Crippen LogP contribution in [0.1, 0.15) is 31.2 Å². The van der Waals surface area contributed by atoms with Gasteiger partial charge in [0, 0.05) is 35.7 Å². The lowest BCUT2D eigenvalue weighted by Gasteiger charge is -2.36. The Kier molecular flexibility index (Phi) is 3.81. The van der Waals surface area contributed by atoms with Crippen molar-refractivity contribution in [2.45, 2.75) is 37.8 Å². The Labute approximate surface area is 121 Å². The van der Waals surface area contributed by atoms with E-state index in [0.29, 0.717) is 5.54 Å². The van der Waals surface area contributed by atoms with E-state index in [2.05, 4.69) is 59.8 Å². The number of fused-ring (bicyclic) bond motifs is 1. The fourth-order valence-electron chi connectivity index (χ4n) is 3.52. The summed E-state index contributed by atoms with van der Waals surface area (Å²) in [4.78, 5) is 5.77. The van der Waals surface area contributed by atoms with Crippen LogP contribution >= 0.6 is 0 Å². The van der Waals surface area contributed by atoms with Crippen molar-refractivity contribution >= 4 is 10.9 Å². The van der Waals surface area contributed by atoms with Crippen LogP contribution in [0, 0.1) is 0 Å². The van der Waals surface area contributed by atoms with Gasteiger partial charge in [-0.3, -0.25) is 0 Å². The molecule has 0 saturated heterocycles. The first-order valence-electron chi connectivity index (χ1n) is 7.64. The molecule has 1 aliphatic carbocycles. The van der Waals surface area contributed by atoms with Gasteiger partial charge in [0.15, 0.2) is 0 Å². The molecule has 20 heavy (non-hydrogen) atoms. The molecule has 108 valence electrons. The Bertz CT molecular complexity index is 564. The third-order valence-corrected chi connectivity index (χ3v) is 4.93. The number of nitrogens with zero attached hydrogens (tertiary/aromatic N) is 1. The molecule has 0 spiro atoms. The number of para-hydroxylation sites is 1. The zero-order valence-corrected chi connectivity index (χ0v) is 12.6. The van der Waals surface area contributed by atoms with E-state index in [9.17, 15) is 0 Å². The highest BCUT2D eigenvalue weighted by atomic mass is 15.2. The fourth-order valence-corrected chi connectivity index (χ4v) is 3.52. The summed E-state index contributed by atoms with van der Waals surface area (Å²) in [5.41, 5.74) is 2.96. The first-order valence-corrected chi connectivity index (χ1v) is 7.64. The van der Waals surface area contributed by atoms with Crippen molar-refractivity contribution in [2.24, 2.45) is 0 Å². The van der Waals surface area contributed by atoms with Gasteiger partial charge in [-0.05, 0) is 38.6 Å². The molecule has 3 rings (SSSR count). The zero-order chi connectivity index (χ0) is 14.0. The molecule has 3 nitrogen and oxygen atoms in total. The van der Waals surface area contributed by atoms with Crippen molar-refractivity contribution in [3.63, 3.8) is 0 Å². The van der Waals surface area contributed by atoms with E-state index in [1.54, 1.807) is 0 Å². The molecule has 2 N–H and O–H groups in total. The van der Waals surface area contributed by atoms with E-state index < -0.39 is 0 Å². The number of H-pyrrole nitrogens is 1. The molecule has 0 aliphatic heterocycles. The van der Waals surface area contributed by atoms with Crippen molar-refractivity contribution in [2.75, 3.05) is 20.6 Å². The summed E-state index contributed by atoms with van der Waals surface area (Å²) in [7, 11) is 4.44. The Morgan fingerprint density at radius 2 is 1.95 bits per heavy atom. The van der Waals surface area contributed by atoms with Crippen LogP contribution in [0.4, 0.5) is 0 Å². The molecule has 0 bridgehead atoms. The summed E-state index contributed by atoms with van der Waals surface area (Å²) in [6.45, 7) is 2.03. The quantitative estimate of drug-likeness (QED) is 0.875. The van der Waals surface area contributed by atoms with Crippen molar-refractivity contribution in [3.8, 4) is 0 Å². The van der Waals surface area contributed by atoms with Gasteiger partial charge in [0.1, 0.15) is 0 Å². The number of aromatic nitrogens is 1. The molecule has 1 heterocycles. The minimum Gasteiger partial charge on any atom is -0.361 e. The highest BCUT2D eigenvalue weighted by Gasteiger charge is 2.35. The Morgan fingerprint density at radius 1 is 1.20 bits per heavy atom. The predicted octanol–water partition coefficient (Wildman–Crippen LogP) is 3.13. The van der Waals surface area contributed by atoms with Gasteiger partial charge in [-0.1, -0.05) is 31.0 Å².